The fraction of sp³-hybridized carbons (Fsp3) is 0.125. The normalized spacial score (nSPS) is 10.4. The maximum absolute atomic E-state index is 5.36. The van der Waals surface area contributed by atoms with Crippen molar-refractivity contribution in [2.24, 2.45) is 0 Å². The standard InChI is InChI=1S/C16H15N3O/c1-12-9-14(7-8-17-12)18-11-15-10-16(20-19-15)13-5-3-2-4-6-13/h2-10H,11H2,1H3,(H,17,18). The van der Waals surface area contributed by atoms with Gasteiger partial charge in [-0.05, 0) is 19.1 Å². The van der Waals surface area contributed by atoms with Gasteiger partial charge in [-0.2, -0.15) is 0 Å². The summed E-state index contributed by atoms with van der Waals surface area (Å²) in [5.74, 6) is 0.785. The van der Waals surface area contributed by atoms with Crippen molar-refractivity contribution in [3.05, 3.63) is 66.1 Å². The monoisotopic (exact) mass is 265 g/mol. The molecular formula is C16H15N3O. The highest BCUT2D eigenvalue weighted by atomic mass is 16.5. The molecular weight excluding hydrogens is 250 g/mol. The summed E-state index contributed by atoms with van der Waals surface area (Å²) in [5.41, 5.74) is 3.92. The van der Waals surface area contributed by atoms with Crippen molar-refractivity contribution < 1.29 is 4.52 Å². The first-order valence-corrected chi connectivity index (χ1v) is 6.49. The molecule has 20 heavy (non-hydrogen) atoms. The van der Waals surface area contributed by atoms with E-state index in [1.165, 1.54) is 0 Å². The Morgan fingerprint density at radius 2 is 1.95 bits per heavy atom. The quantitative estimate of drug-likeness (QED) is 0.782. The number of nitrogens with one attached hydrogen (secondary N) is 1. The molecule has 0 atom stereocenters. The summed E-state index contributed by atoms with van der Waals surface area (Å²) >= 11 is 0. The third kappa shape index (κ3) is 2.85. The van der Waals surface area contributed by atoms with Crippen LogP contribution in [-0.4, -0.2) is 10.1 Å². The molecule has 1 aromatic carbocycles. The molecule has 3 aromatic rings. The van der Waals surface area contributed by atoms with Crippen LogP contribution in [0.4, 0.5) is 5.69 Å². The highest BCUT2D eigenvalue weighted by molar-refractivity contribution is 5.57. The van der Waals surface area contributed by atoms with E-state index < -0.39 is 0 Å². The molecule has 0 saturated carbocycles. The van der Waals surface area contributed by atoms with Crippen molar-refractivity contribution in [1.82, 2.24) is 10.1 Å². The summed E-state index contributed by atoms with van der Waals surface area (Å²) in [6.45, 7) is 2.59. The molecule has 0 spiro atoms. The Morgan fingerprint density at radius 1 is 1.10 bits per heavy atom. The van der Waals surface area contributed by atoms with Crippen LogP contribution >= 0.6 is 0 Å². The first kappa shape index (κ1) is 12.4. The fourth-order valence-electron chi connectivity index (χ4n) is 1.98. The molecule has 3 rings (SSSR count). The van der Waals surface area contributed by atoms with E-state index in [1.807, 2.05) is 55.5 Å². The zero-order valence-electron chi connectivity index (χ0n) is 11.2. The molecule has 4 heteroatoms. The molecule has 4 nitrogen and oxygen atoms in total. The number of aromatic nitrogens is 2. The third-order valence-electron chi connectivity index (χ3n) is 2.99. The Morgan fingerprint density at radius 3 is 2.75 bits per heavy atom. The molecule has 2 heterocycles. The molecule has 1 N–H and O–H groups in total. The summed E-state index contributed by atoms with van der Waals surface area (Å²) < 4.78 is 5.36. The maximum atomic E-state index is 5.36. The molecule has 0 radical (unpaired) electrons. The van der Waals surface area contributed by atoms with Crippen LogP contribution in [0, 0.1) is 6.92 Å². The highest BCUT2D eigenvalue weighted by Crippen LogP contribution is 2.20. The summed E-state index contributed by atoms with van der Waals surface area (Å²) in [5, 5.41) is 7.38. The van der Waals surface area contributed by atoms with Gasteiger partial charge >= 0.3 is 0 Å². The van der Waals surface area contributed by atoms with Crippen molar-refractivity contribution >= 4 is 5.69 Å². The molecule has 100 valence electrons. The molecule has 0 aliphatic carbocycles. The zero-order valence-corrected chi connectivity index (χ0v) is 11.2. The lowest BCUT2D eigenvalue weighted by atomic mass is 10.1. The van der Waals surface area contributed by atoms with Crippen LogP contribution in [0.15, 0.2) is 59.3 Å². The van der Waals surface area contributed by atoms with Gasteiger partial charge in [0.25, 0.3) is 0 Å². The number of hydrogen-bond acceptors (Lipinski definition) is 4. The van der Waals surface area contributed by atoms with Gasteiger partial charge in [0.05, 0.1) is 6.54 Å². The first-order valence-electron chi connectivity index (χ1n) is 6.49. The summed E-state index contributed by atoms with van der Waals surface area (Å²) in [4.78, 5) is 4.16. The van der Waals surface area contributed by atoms with Crippen LogP contribution in [0.25, 0.3) is 11.3 Å². The third-order valence-corrected chi connectivity index (χ3v) is 2.99. The number of nitrogens with zero attached hydrogens (tertiary/aromatic N) is 2. The van der Waals surface area contributed by atoms with E-state index in [9.17, 15) is 0 Å². The number of hydrogen-bond donors (Lipinski definition) is 1. The van der Waals surface area contributed by atoms with Crippen LogP contribution in [-0.2, 0) is 6.54 Å². The van der Waals surface area contributed by atoms with E-state index in [0.29, 0.717) is 6.54 Å². The number of rotatable bonds is 4. The number of aryl methyl sites for hydroxylation is 1. The van der Waals surface area contributed by atoms with Crippen molar-refractivity contribution in [2.75, 3.05) is 5.32 Å². The molecule has 0 saturated heterocycles. The zero-order chi connectivity index (χ0) is 13.8. The van der Waals surface area contributed by atoms with Gasteiger partial charge in [-0.1, -0.05) is 35.5 Å². The summed E-state index contributed by atoms with van der Waals surface area (Å²) in [6, 6.07) is 15.8. The second-order valence-corrected chi connectivity index (χ2v) is 4.59. The van der Waals surface area contributed by atoms with Gasteiger partial charge < -0.3 is 9.84 Å². The van der Waals surface area contributed by atoms with Crippen LogP contribution in [0.2, 0.25) is 0 Å². The van der Waals surface area contributed by atoms with Gasteiger partial charge in [0.2, 0.25) is 0 Å². The lowest BCUT2D eigenvalue weighted by Crippen LogP contribution is -1.99. The minimum absolute atomic E-state index is 0.625. The Kier molecular flexibility index (Phi) is 3.46. The van der Waals surface area contributed by atoms with Crippen molar-refractivity contribution in [3.8, 4) is 11.3 Å². The van der Waals surface area contributed by atoms with E-state index in [2.05, 4.69) is 15.5 Å². The molecule has 0 aliphatic heterocycles. The van der Waals surface area contributed by atoms with Gasteiger partial charge in [-0.15, -0.1) is 0 Å². The van der Waals surface area contributed by atoms with E-state index in [0.717, 1.165) is 28.4 Å². The fourth-order valence-corrected chi connectivity index (χ4v) is 1.98. The largest absolute Gasteiger partial charge is 0.379 e. The Labute approximate surface area is 117 Å². The lowest BCUT2D eigenvalue weighted by Gasteiger charge is -2.03. The van der Waals surface area contributed by atoms with Crippen LogP contribution in [0.1, 0.15) is 11.4 Å². The molecule has 2 aromatic heterocycles. The Balaban J connectivity index is 1.69. The number of benzene rings is 1. The van der Waals surface area contributed by atoms with Crippen molar-refractivity contribution in [2.45, 2.75) is 13.5 Å². The number of anilines is 1. The molecule has 0 fully saturated rings. The van der Waals surface area contributed by atoms with E-state index >= 15 is 0 Å². The second kappa shape index (κ2) is 5.57. The lowest BCUT2D eigenvalue weighted by molar-refractivity contribution is 0.424. The Bertz CT molecular complexity index is 692. The van der Waals surface area contributed by atoms with E-state index in [-0.39, 0.29) is 0 Å². The van der Waals surface area contributed by atoms with E-state index in [1.54, 1.807) is 6.20 Å². The minimum Gasteiger partial charge on any atom is -0.379 e. The molecule has 0 amide bonds. The second-order valence-electron chi connectivity index (χ2n) is 4.59. The highest BCUT2D eigenvalue weighted by Gasteiger charge is 2.06. The van der Waals surface area contributed by atoms with Gasteiger partial charge in [0.1, 0.15) is 5.69 Å². The smallest absolute Gasteiger partial charge is 0.167 e. The van der Waals surface area contributed by atoms with Crippen LogP contribution in [0.3, 0.4) is 0 Å². The van der Waals surface area contributed by atoms with Gasteiger partial charge in [0.15, 0.2) is 5.76 Å². The summed E-state index contributed by atoms with van der Waals surface area (Å²) in [6.07, 6.45) is 1.79. The minimum atomic E-state index is 0.625. The molecule has 0 unspecified atom stereocenters. The maximum Gasteiger partial charge on any atom is 0.167 e. The van der Waals surface area contributed by atoms with Crippen molar-refractivity contribution in [1.29, 1.82) is 0 Å². The van der Waals surface area contributed by atoms with Crippen LogP contribution in [0.5, 0.6) is 0 Å². The first-order chi connectivity index (χ1) is 9.81. The van der Waals surface area contributed by atoms with Crippen LogP contribution < -0.4 is 5.32 Å². The van der Waals surface area contributed by atoms with Gasteiger partial charge in [-0.3, -0.25) is 4.98 Å². The average molecular weight is 265 g/mol. The number of pyridine rings is 1. The molecule has 0 aliphatic rings. The SMILES string of the molecule is Cc1cc(NCc2cc(-c3ccccc3)on2)ccn1. The van der Waals surface area contributed by atoms with Gasteiger partial charge in [0, 0.05) is 29.2 Å². The molecule has 0 bridgehead atoms. The Hall–Kier alpha value is -2.62. The summed E-state index contributed by atoms with van der Waals surface area (Å²) in [7, 11) is 0. The van der Waals surface area contributed by atoms with Gasteiger partial charge in [-0.25, -0.2) is 0 Å². The van der Waals surface area contributed by atoms with E-state index in [4.69, 9.17) is 4.52 Å². The predicted octanol–water partition coefficient (Wildman–Crippen LogP) is 3.66. The average Bonchev–Trinajstić information content (AvgIpc) is 2.95. The topological polar surface area (TPSA) is 51.0 Å². The van der Waals surface area contributed by atoms with Crippen molar-refractivity contribution in [3.63, 3.8) is 0 Å². The predicted molar refractivity (Wildman–Crippen MR) is 78.2 cm³/mol.